The smallest absolute Gasteiger partial charge is 0.222 e. The minimum atomic E-state index is -0.366. The van der Waals surface area contributed by atoms with Gasteiger partial charge in [-0.05, 0) is 18.2 Å². The normalized spacial score (nSPS) is 15.2. The number of amidine groups is 1. The molecule has 1 aliphatic heterocycles. The number of halogens is 1. The van der Waals surface area contributed by atoms with Gasteiger partial charge in [-0.15, -0.1) is 0 Å². The van der Waals surface area contributed by atoms with Gasteiger partial charge in [0.25, 0.3) is 0 Å². The second-order valence-electron chi connectivity index (χ2n) is 4.46. The quantitative estimate of drug-likeness (QED) is 0.544. The lowest BCUT2D eigenvalue weighted by Gasteiger charge is -2.29. The molecule has 19 heavy (non-hydrogen) atoms. The SMILES string of the molecule is CC(=O)NC(=N)c1ccc(N2CCNCC2)c(F)c1. The van der Waals surface area contributed by atoms with E-state index in [9.17, 15) is 9.18 Å². The first-order valence-corrected chi connectivity index (χ1v) is 6.19. The molecule has 5 nitrogen and oxygen atoms in total. The molecule has 0 radical (unpaired) electrons. The molecule has 3 N–H and O–H groups in total. The molecule has 1 amide bonds. The van der Waals surface area contributed by atoms with E-state index in [-0.39, 0.29) is 17.6 Å². The van der Waals surface area contributed by atoms with E-state index in [2.05, 4.69) is 10.6 Å². The molecule has 1 aliphatic rings. The number of benzene rings is 1. The molecule has 102 valence electrons. The van der Waals surface area contributed by atoms with Crippen LogP contribution in [0.4, 0.5) is 10.1 Å². The summed E-state index contributed by atoms with van der Waals surface area (Å²) in [6.07, 6.45) is 0. The van der Waals surface area contributed by atoms with Gasteiger partial charge in [-0.2, -0.15) is 0 Å². The number of rotatable bonds is 2. The van der Waals surface area contributed by atoms with Gasteiger partial charge in [0.2, 0.25) is 5.91 Å². The average Bonchev–Trinajstić information content (AvgIpc) is 2.38. The molecule has 0 unspecified atom stereocenters. The zero-order valence-corrected chi connectivity index (χ0v) is 10.8. The van der Waals surface area contributed by atoms with E-state index in [0.717, 1.165) is 26.2 Å². The van der Waals surface area contributed by atoms with Crippen LogP contribution in [0.5, 0.6) is 0 Å². The molecule has 1 aromatic carbocycles. The number of nitrogens with one attached hydrogen (secondary N) is 3. The van der Waals surface area contributed by atoms with Crippen LogP contribution in [0.25, 0.3) is 0 Å². The Morgan fingerprint density at radius 3 is 2.68 bits per heavy atom. The summed E-state index contributed by atoms with van der Waals surface area (Å²) in [5.74, 6) is -0.788. The molecule has 1 heterocycles. The standard InChI is InChI=1S/C13H17FN4O/c1-9(19)17-13(15)10-2-3-12(11(14)8-10)18-6-4-16-5-7-18/h2-3,8,16H,4-7H2,1H3,(H2,15,17,19). The van der Waals surface area contributed by atoms with Crippen molar-refractivity contribution in [2.45, 2.75) is 6.92 Å². The third-order valence-electron chi connectivity index (χ3n) is 3.00. The summed E-state index contributed by atoms with van der Waals surface area (Å²) >= 11 is 0. The summed E-state index contributed by atoms with van der Waals surface area (Å²) in [5, 5.41) is 13.2. The molecule has 0 bridgehead atoms. The van der Waals surface area contributed by atoms with E-state index < -0.39 is 0 Å². The van der Waals surface area contributed by atoms with Gasteiger partial charge in [0.05, 0.1) is 5.69 Å². The second kappa shape index (κ2) is 5.79. The fraction of sp³-hybridized carbons (Fsp3) is 0.385. The fourth-order valence-corrected chi connectivity index (χ4v) is 2.07. The zero-order chi connectivity index (χ0) is 13.8. The van der Waals surface area contributed by atoms with Crippen LogP contribution in [0.1, 0.15) is 12.5 Å². The van der Waals surface area contributed by atoms with Crippen LogP contribution in [0.2, 0.25) is 0 Å². The zero-order valence-electron chi connectivity index (χ0n) is 10.8. The molecule has 0 atom stereocenters. The van der Waals surface area contributed by atoms with Crippen molar-refractivity contribution >= 4 is 17.4 Å². The van der Waals surface area contributed by atoms with Crippen LogP contribution in [0, 0.1) is 11.2 Å². The van der Waals surface area contributed by atoms with Gasteiger partial charge in [-0.25, -0.2) is 4.39 Å². The molecular formula is C13H17FN4O. The van der Waals surface area contributed by atoms with Crippen molar-refractivity contribution in [1.82, 2.24) is 10.6 Å². The maximum absolute atomic E-state index is 14.1. The number of hydrogen-bond donors (Lipinski definition) is 3. The van der Waals surface area contributed by atoms with Crippen molar-refractivity contribution in [2.24, 2.45) is 0 Å². The van der Waals surface area contributed by atoms with Gasteiger partial charge < -0.3 is 15.5 Å². The van der Waals surface area contributed by atoms with Crippen LogP contribution in [-0.2, 0) is 4.79 Å². The highest BCUT2D eigenvalue weighted by atomic mass is 19.1. The molecule has 0 aliphatic carbocycles. The van der Waals surface area contributed by atoms with Gasteiger partial charge in [0.1, 0.15) is 11.7 Å². The van der Waals surface area contributed by atoms with Crippen LogP contribution in [-0.4, -0.2) is 37.9 Å². The molecule has 1 fully saturated rings. The van der Waals surface area contributed by atoms with E-state index in [1.165, 1.54) is 13.0 Å². The lowest BCUT2D eigenvalue weighted by molar-refractivity contribution is -0.117. The van der Waals surface area contributed by atoms with Crippen molar-refractivity contribution in [2.75, 3.05) is 31.1 Å². The first-order valence-electron chi connectivity index (χ1n) is 6.19. The molecule has 1 saturated heterocycles. The van der Waals surface area contributed by atoms with Gasteiger partial charge in [0.15, 0.2) is 0 Å². The molecule has 1 aromatic rings. The Morgan fingerprint density at radius 2 is 2.11 bits per heavy atom. The van der Waals surface area contributed by atoms with E-state index in [0.29, 0.717) is 11.3 Å². The number of nitrogens with zero attached hydrogens (tertiary/aromatic N) is 1. The lowest BCUT2D eigenvalue weighted by atomic mass is 10.1. The Hall–Kier alpha value is -1.95. The summed E-state index contributed by atoms with van der Waals surface area (Å²) in [5.41, 5.74) is 0.910. The lowest BCUT2D eigenvalue weighted by Crippen LogP contribution is -2.43. The number of amides is 1. The number of carbonyl (C=O) groups is 1. The fourth-order valence-electron chi connectivity index (χ4n) is 2.07. The van der Waals surface area contributed by atoms with Crippen LogP contribution in [0.3, 0.4) is 0 Å². The molecule has 0 aromatic heterocycles. The Morgan fingerprint density at radius 1 is 1.42 bits per heavy atom. The summed E-state index contributed by atoms with van der Waals surface area (Å²) in [7, 11) is 0. The van der Waals surface area contributed by atoms with Crippen molar-refractivity contribution in [3.63, 3.8) is 0 Å². The maximum Gasteiger partial charge on any atom is 0.222 e. The van der Waals surface area contributed by atoms with E-state index in [1.54, 1.807) is 12.1 Å². The van der Waals surface area contributed by atoms with Crippen LogP contribution in [0.15, 0.2) is 18.2 Å². The Bertz CT molecular complexity index is 497. The van der Waals surface area contributed by atoms with E-state index >= 15 is 0 Å². The molecule has 0 saturated carbocycles. The maximum atomic E-state index is 14.1. The van der Waals surface area contributed by atoms with E-state index in [4.69, 9.17) is 5.41 Å². The number of piperazine rings is 1. The third-order valence-corrected chi connectivity index (χ3v) is 3.00. The van der Waals surface area contributed by atoms with Crippen molar-refractivity contribution < 1.29 is 9.18 Å². The number of carbonyl (C=O) groups excluding carboxylic acids is 1. The average molecular weight is 264 g/mol. The van der Waals surface area contributed by atoms with E-state index in [1.807, 2.05) is 4.90 Å². The summed E-state index contributed by atoms with van der Waals surface area (Å²) in [6.45, 7) is 4.52. The van der Waals surface area contributed by atoms with Gasteiger partial charge in [0, 0.05) is 38.7 Å². The minimum absolute atomic E-state index is 0.0849. The Kier molecular flexibility index (Phi) is 4.11. The Balaban J connectivity index is 2.16. The first kappa shape index (κ1) is 13.5. The molecule has 0 spiro atoms. The predicted octanol–water partition coefficient (Wildman–Crippen LogP) is 0.697. The molecular weight excluding hydrogens is 247 g/mol. The summed E-state index contributed by atoms with van der Waals surface area (Å²) in [4.78, 5) is 12.8. The van der Waals surface area contributed by atoms with Crippen molar-refractivity contribution in [3.05, 3.63) is 29.6 Å². The summed E-state index contributed by atoms with van der Waals surface area (Å²) in [6, 6.07) is 4.60. The van der Waals surface area contributed by atoms with Gasteiger partial charge in [-0.1, -0.05) is 0 Å². The highest BCUT2D eigenvalue weighted by Gasteiger charge is 2.15. The Labute approximate surface area is 111 Å². The molecule has 6 heteroatoms. The first-order chi connectivity index (χ1) is 9.08. The monoisotopic (exact) mass is 264 g/mol. The number of anilines is 1. The van der Waals surface area contributed by atoms with Crippen LogP contribution >= 0.6 is 0 Å². The highest BCUT2D eigenvalue weighted by molar-refractivity contribution is 6.05. The predicted molar refractivity (Wildman–Crippen MR) is 72.1 cm³/mol. The third kappa shape index (κ3) is 3.29. The van der Waals surface area contributed by atoms with Crippen molar-refractivity contribution in [3.8, 4) is 0 Å². The van der Waals surface area contributed by atoms with Crippen molar-refractivity contribution in [1.29, 1.82) is 5.41 Å². The van der Waals surface area contributed by atoms with Gasteiger partial charge in [-0.3, -0.25) is 10.2 Å². The highest BCUT2D eigenvalue weighted by Crippen LogP contribution is 2.20. The molecule has 2 rings (SSSR count). The second-order valence-corrected chi connectivity index (χ2v) is 4.46. The summed E-state index contributed by atoms with van der Waals surface area (Å²) < 4.78 is 14.1. The topological polar surface area (TPSA) is 68.2 Å². The minimum Gasteiger partial charge on any atom is -0.367 e. The van der Waals surface area contributed by atoms with Crippen LogP contribution < -0.4 is 15.5 Å². The van der Waals surface area contributed by atoms with Gasteiger partial charge >= 0.3 is 0 Å². The number of hydrogen-bond acceptors (Lipinski definition) is 4. The largest absolute Gasteiger partial charge is 0.367 e.